The minimum absolute atomic E-state index is 0.286. The monoisotopic (exact) mass is 528 g/mol. The number of aryl methyl sites for hydroxylation is 2. The van der Waals surface area contributed by atoms with E-state index in [1.807, 2.05) is 25.1 Å². The number of nitrogens with one attached hydrogen (secondary N) is 1. The molecule has 30 heavy (non-hydrogen) atoms. The molecule has 4 aromatic rings. The molecule has 0 aliphatic heterocycles. The van der Waals surface area contributed by atoms with E-state index in [-0.39, 0.29) is 5.91 Å². The van der Waals surface area contributed by atoms with Gasteiger partial charge in [-0.25, -0.2) is 4.98 Å². The molecule has 0 saturated carbocycles. The van der Waals surface area contributed by atoms with Crippen molar-refractivity contribution in [3.05, 3.63) is 74.2 Å². The number of aromatic nitrogens is 1. The molecule has 0 unspecified atom stereocenters. The summed E-state index contributed by atoms with van der Waals surface area (Å²) in [5.41, 5.74) is 5.59. The third-order valence-corrected chi connectivity index (χ3v) is 5.76. The summed E-state index contributed by atoms with van der Waals surface area (Å²) in [5.74, 6) is 0.741. The zero-order valence-electron chi connectivity index (χ0n) is 16.5. The van der Waals surface area contributed by atoms with Crippen LogP contribution in [0, 0.1) is 13.8 Å². The summed E-state index contributed by atoms with van der Waals surface area (Å²) in [6, 6.07) is 15.1. The van der Waals surface area contributed by atoms with Crippen molar-refractivity contribution in [3.8, 4) is 17.2 Å². The molecule has 1 aromatic heterocycles. The Morgan fingerprint density at radius 2 is 1.87 bits per heavy atom. The van der Waals surface area contributed by atoms with Gasteiger partial charge in [0.05, 0.1) is 17.1 Å². The molecule has 7 heteroatoms. The molecule has 1 heterocycles. The Bertz CT molecular complexity index is 1280. The lowest BCUT2D eigenvalue weighted by Gasteiger charge is -2.11. The molecule has 0 radical (unpaired) electrons. The molecule has 4 rings (SSSR count). The summed E-state index contributed by atoms with van der Waals surface area (Å²) in [6.45, 7) is 4.09. The summed E-state index contributed by atoms with van der Waals surface area (Å²) >= 11 is 6.83. The number of carbonyl (C=O) groups is 1. The van der Waals surface area contributed by atoms with Gasteiger partial charge in [0.1, 0.15) is 11.3 Å². The molecule has 1 N–H and O–H groups in total. The minimum Gasteiger partial charge on any atom is -0.495 e. The van der Waals surface area contributed by atoms with Crippen LogP contribution >= 0.6 is 31.9 Å². The standard InChI is InChI=1S/C23H18Br2N2O3/c1-12-4-6-16(13(2)8-12)23-27-19-11-15(5-7-20(19)30-23)26-22(28)17-9-14(24)10-18(25)21(17)29-3/h4-11H,1-3H3,(H,26,28). The number of ether oxygens (including phenoxy) is 1. The molecule has 0 aliphatic carbocycles. The van der Waals surface area contributed by atoms with E-state index in [0.717, 1.165) is 15.6 Å². The van der Waals surface area contributed by atoms with Gasteiger partial charge in [0.15, 0.2) is 5.58 Å². The van der Waals surface area contributed by atoms with Crippen molar-refractivity contribution in [3.63, 3.8) is 0 Å². The van der Waals surface area contributed by atoms with Crippen molar-refractivity contribution < 1.29 is 13.9 Å². The fourth-order valence-electron chi connectivity index (χ4n) is 3.31. The maximum atomic E-state index is 12.9. The van der Waals surface area contributed by atoms with Crippen molar-refractivity contribution in [1.29, 1.82) is 0 Å². The first-order chi connectivity index (χ1) is 14.4. The first-order valence-electron chi connectivity index (χ1n) is 9.18. The fraction of sp³-hybridized carbons (Fsp3) is 0.130. The highest BCUT2D eigenvalue weighted by Gasteiger charge is 2.17. The Labute approximate surface area is 190 Å². The van der Waals surface area contributed by atoms with Crippen LogP contribution in [0.15, 0.2) is 61.9 Å². The van der Waals surface area contributed by atoms with Crippen LogP contribution in [0.1, 0.15) is 21.5 Å². The van der Waals surface area contributed by atoms with E-state index in [1.54, 1.807) is 24.3 Å². The van der Waals surface area contributed by atoms with Crippen molar-refractivity contribution in [1.82, 2.24) is 4.98 Å². The molecule has 3 aromatic carbocycles. The number of carbonyl (C=O) groups excluding carboxylic acids is 1. The zero-order valence-corrected chi connectivity index (χ0v) is 19.7. The van der Waals surface area contributed by atoms with E-state index >= 15 is 0 Å². The van der Waals surface area contributed by atoms with Gasteiger partial charge in [0.2, 0.25) is 5.89 Å². The van der Waals surface area contributed by atoms with Crippen molar-refractivity contribution in [2.75, 3.05) is 12.4 Å². The van der Waals surface area contributed by atoms with E-state index in [4.69, 9.17) is 9.15 Å². The molecule has 152 valence electrons. The van der Waals surface area contributed by atoms with Crippen LogP contribution in [0.3, 0.4) is 0 Å². The molecular formula is C23H18Br2N2O3. The highest BCUT2D eigenvalue weighted by atomic mass is 79.9. The summed E-state index contributed by atoms with van der Waals surface area (Å²) in [4.78, 5) is 17.5. The van der Waals surface area contributed by atoms with Crippen LogP contribution in [-0.4, -0.2) is 18.0 Å². The number of halogens is 2. The SMILES string of the molecule is COc1c(Br)cc(Br)cc1C(=O)Nc1ccc2oc(-c3ccc(C)cc3C)nc2c1. The highest BCUT2D eigenvalue weighted by Crippen LogP contribution is 2.34. The molecule has 5 nitrogen and oxygen atoms in total. The van der Waals surface area contributed by atoms with E-state index in [1.165, 1.54) is 12.7 Å². The number of anilines is 1. The maximum absolute atomic E-state index is 12.9. The average molecular weight is 530 g/mol. The normalized spacial score (nSPS) is 11.0. The number of rotatable bonds is 4. The van der Waals surface area contributed by atoms with E-state index in [9.17, 15) is 4.79 Å². The largest absolute Gasteiger partial charge is 0.495 e. The average Bonchev–Trinajstić information content (AvgIpc) is 3.10. The van der Waals surface area contributed by atoms with Gasteiger partial charge < -0.3 is 14.5 Å². The summed E-state index contributed by atoms with van der Waals surface area (Å²) in [6.07, 6.45) is 0. The number of oxazole rings is 1. The van der Waals surface area contributed by atoms with E-state index < -0.39 is 0 Å². The van der Waals surface area contributed by atoms with E-state index in [0.29, 0.717) is 38.5 Å². The van der Waals surface area contributed by atoms with Crippen molar-refractivity contribution in [2.45, 2.75) is 13.8 Å². The zero-order chi connectivity index (χ0) is 21.4. The predicted molar refractivity (Wildman–Crippen MR) is 125 cm³/mol. The van der Waals surface area contributed by atoms with Gasteiger partial charge in [0, 0.05) is 15.7 Å². The van der Waals surface area contributed by atoms with Gasteiger partial charge in [-0.1, -0.05) is 33.6 Å². The quantitative estimate of drug-likeness (QED) is 0.312. The lowest BCUT2D eigenvalue weighted by Crippen LogP contribution is -2.13. The first kappa shape index (κ1) is 20.6. The Balaban J connectivity index is 1.66. The number of methoxy groups -OCH3 is 1. The number of hydrogen-bond acceptors (Lipinski definition) is 4. The van der Waals surface area contributed by atoms with Crippen LogP contribution in [0.4, 0.5) is 5.69 Å². The molecule has 0 saturated heterocycles. The molecule has 0 spiro atoms. The Morgan fingerprint density at radius 3 is 2.60 bits per heavy atom. The third kappa shape index (κ3) is 4.00. The Hall–Kier alpha value is -2.64. The molecule has 1 amide bonds. The number of benzene rings is 3. The molecular weight excluding hydrogens is 512 g/mol. The van der Waals surface area contributed by atoms with Crippen molar-refractivity contribution >= 4 is 54.6 Å². The summed E-state index contributed by atoms with van der Waals surface area (Å²) in [7, 11) is 1.53. The number of fused-ring (bicyclic) bond motifs is 1. The maximum Gasteiger partial charge on any atom is 0.259 e. The smallest absolute Gasteiger partial charge is 0.259 e. The second-order valence-electron chi connectivity index (χ2n) is 6.94. The van der Waals surface area contributed by atoms with Gasteiger partial charge in [-0.2, -0.15) is 0 Å². The second kappa shape index (κ2) is 8.24. The van der Waals surface area contributed by atoms with Gasteiger partial charge >= 0.3 is 0 Å². The number of nitrogens with zero attached hydrogens (tertiary/aromatic N) is 1. The second-order valence-corrected chi connectivity index (χ2v) is 8.71. The van der Waals surface area contributed by atoms with Crippen molar-refractivity contribution in [2.24, 2.45) is 0 Å². The van der Waals surface area contributed by atoms with Gasteiger partial charge in [-0.3, -0.25) is 4.79 Å². The molecule has 0 bridgehead atoms. The predicted octanol–water partition coefficient (Wildman–Crippen LogP) is 6.90. The molecule has 0 fully saturated rings. The molecule has 0 atom stereocenters. The lowest BCUT2D eigenvalue weighted by molar-refractivity contribution is 0.102. The number of amides is 1. The lowest BCUT2D eigenvalue weighted by atomic mass is 10.1. The van der Waals surface area contributed by atoms with Crippen LogP contribution in [0.25, 0.3) is 22.6 Å². The third-order valence-electron chi connectivity index (χ3n) is 4.71. The first-order valence-corrected chi connectivity index (χ1v) is 10.8. The number of hydrogen-bond donors (Lipinski definition) is 1. The molecule has 0 aliphatic rings. The van der Waals surface area contributed by atoms with Gasteiger partial charge in [-0.15, -0.1) is 0 Å². The Kier molecular flexibility index (Phi) is 5.66. The Morgan fingerprint density at radius 1 is 1.07 bits per heavy atom. The van der Waals surface area contributed by atoms with Gasteiger partial charge in [-0.05, 0) is 71.7 Å². The van der Waals surface area contributed by atoms with Crippen LogP contribution in [-0.2, 0) is 0 Å². The van der Waals surface area contributed by atoms with Gasteiger partial charge in [0.25, 0.3) is 5.91 Å². The minimum atomic E-state index is -0.286. The van der Waals surface area contributed by atoms with E-state index in [2.05, 4.69) is 55.2 Å². The van der Waals surface area contributed by atoms with Crippen LogP contribution in [0.2, 0.25) is 0 Å². The van der Waals surface area contributed by atoms with Crippen LogP contribution < -0.4 is 10.1 Å². The summed E-state index contributed by atoms with van der Waals surface area (Å²) < 4.78 is 12.8. The topological polar surface area (TPSA) is 64.4 Å². The van der Waals surface area contributed by atoms with Crippen LogP contribution in [0.5, 0.6) is 5.75 Å². The summed E-state index contributed by atoms with van der Waals surface area (Å²) in [5, 5.41) is 2.91. The fourth-order valence-corrected chi connectivity index (χ4v) is 4.70. The highest BCUT2D eigenvalue weighted by molar-refractivity contribution is 9.11.